The van der Waals surface area contributed by atoms with Gasteiger partial charge in [0.05, 0.1) is 0 Å². The minimum absolute atomic E-state index is 0.0833. The monoisotopic (exact) mass is 243 g/mol. The van der Waals surface area contributed by atoms with Crippen LogP contribution in [0.2, 0.25) is 0 Å². The molecule has 1 aliphatic heterocycles. The fourth-order valence-corrected chi connectivity index (χ4v) is 1.88. The summed E-state index contributed by atoms with van der Waals surface area (Å²) in [5, 5.41) is 11.6. The van der Waals surface area contributed by atoms with Crippen LogP contribution in [0, 0.1) is 5.92 Å². The molecule has 1 saturated heterocycles. The molecular weight excluding hydrogens is 222 g/mol. The number of carboxylic acids is 1. The molecule has 0 saturated carbocycles. The van der Waals surface area contributed by atoms with Crippen LogP contribution < -0.4 is 5.32 Å². The molecule has 2 N–H and O–H groups in total. The molecule has 1 rings (SSSR count). The van der Waals surface area contributed by atoms with Gasteiger partial charge >= 0.3 is 5.97 Å². The van der Waals surface area contributed by atoms with E-state index >= 15 is 0 Å². The molecule has 1 amide bonds. The molecule has 0 bridgehead atoms. The first-order chi connectivity index (χ1) is 8.06. The third kappa shape index (κ3) is 4.00. The number of carboxylic acid groups (broad SMARTS) is 1. The summed E-state index contributed by atoms with van der Waals surface area (Å²) in [5.74, 6) is -1.36. The van der Waals surface area contributed by atoms with E-state index < -0.39 is 18.1 Å². The summed E-state index contributed by atoms with van der Waals surface area (Å²) in [5.41, 5.74) is 0. The molecule has 0 aromatic rings. The number of hydrogen-bond acceptors (Lipinski definition) is 3. The summed E-state index contributed by atoms with van der Waals surface area (Å²) in [6.07, 6.45) is 2.84. The van der Waals surface area contributed by atoms with Gasteiger partial charge in [-0.3, -0.25) is 4.79 Å². The Bertz CT molecular complexity index is 274. The zero-order valence-electron chi connectivity index (χ0n) is 10.4. The average Bonchev–Trinajstić information content (AvgIpc) is 2.35. The first-order valence-electron chi connectivity index (χ1n) is 6.21. The van der Waals surface area contributed by atoms with Crippen LogP contribution >= 0.6 is 0 Å². The van der Waals surface area contributed by atoms with Crippen molar-refractivity contribution in [3.05, 3.63) is 0 Å². The van der Waals surface area contributed by atoms with E-state index in [1.807, 2.05) is 13.8 Å². The van der Waals surface area contributed by atoms with Gasteiger partial charge < -0.3 is 15.2 Å². The molecular formula is C12H21NO4. The Morgan fingerprint density at radius 3 is 2.65 bits per heavy atom. The van der Waals surface area contributed by atoms with Crippen molar-refractivity contribution in [1.82, 2.24) is 5.32 Å². The molecule has 1 heterocycles. The van der Waals surface area contributed by atoms with Gasteiger partial charge in [-0.25, -0.2) is 4.79 Å². The highest BCUT2D eigenvalue weighted by atomic mass is 16.5. The summed E-state index contributed by atoms with van der Waals surface area (Å²) < 4.78 is 5.33. The molecule has 98 valence electrons. The number of nitrogens with one attached hydrogen (secondary N) is 1. The average molecular weight is 243 g/mol. The van der Waals surface area contributed by atoms with E-state index in [0.717, 1.165) is 12.8 Å². The number of carbonyl (C=O) groups excluding carboxylic acids is 1. The van der Waals surface area contributed by atoms with Crippen LogP contribution in [0.1, 0.15) is 39.5 Å². The summed E-state index contributed by atoms with van der Waals surface area (Å²) in [4.78, 5) is 22.9. The minimum atomic E-state index is -0.983. The zero-order chi connectivity index (χ0) is 12.8. The van der Waals surface area contributed by atoms with Gasteiger partial charge in [-0.2, -0.15) is 0 Å². The van der Waals surface area contributed by atoms with Crippen LogP contribution in [0.3, 0.4) is 0 Å². The highest BCUT2D eigenvalue weighted by molar-refractivity contribution is 5.86. The standard InChI is InChI=1S/C12H21NO4/c1-3-8(2)10(12(15)16)13-11(14)9-6-4-5-7-17-9/h8-10H,3-7H2,1-2H3,(H,13,14)(H,15,16)/t8?,9?,10-/m0/s1. The number of aliphatic carboxylic acids is 1. The maximum atomic E-state index is 11.8. The summed E-state index contributed by atoms with van der Waals surface area (Å²) in [6, 6.07) is -0.821. The SMILES string of the molecule is CCC(C)[C@H](NC(=O)C1CCCCO1)C(=O)O. The van der Waals surface area contributed by atoms with Crippen molar-refractivity contribution in [2.75, 3.05) is 6.61 Å². The second kappa shape index (κ2) is 6.59. The fraction of sp³-hybridized carbons (Fsp3) is 0.833. The molecule has 5 nitrogen and oxygen atoms in total. The smallest absolute Gasteiger partial charge is 0.326 e. The Balaban J connectivity index is 2.53. The van der Waals surface area contributed by atoms with Crippen LogP contribution in [0.15, 0.2) is 0 Å². The fourth-order valence-electron chi connectivity index (χ4n) is 1.88. The lowest BCUT2D eigenvalue weighted by Gasteiger charge is -2.25. The third-order valence-electron chi connectivity index (χ3n) is 3.25. The predicted molar refractivity (Wildman–Crippen MR) is 62.6 cm³/mol. The van der Waals surface area contributed by atoms with Crippen molar-refractivity contribution in [3.63, 3.8) is 0 Å². The van der Waals surface area contributed by atoms with E-state index in [1.165, 1.54) is 0 Å². The number of rotatable bonds is 5. The molecule has 0 aromatic heterocycles. The second-order valence-electron chi connectivity index (χ2n) is 4.57. The number of carbonyl (C=O) groups is 2. The Morgan fingerprint density at radius 1 is 1.47 bits per heavy atom. The van der Waals surface area contributed by atoms with Crippen LogP contribution in [0.25, 0.3) is 0 Å². The number of amides is 1. The van der Waals surface area contributed by atoms with Crippen molar-refractivity contribution in [2.45, 2.75) is 51.7 Å². The van der Waals surface area contributed by atoms with E-state index in [9.17, 15) is 9.59 Å². The first kappa shape index (κ1) is 14.0. The highest BCUT2D eigenvalue weighted by Gasteiger charge is 2.29. The van der Waals surface area contributed by atoms with Crippen molar-refractivity contribution in [1.29, 1.82) is 0 Å². The Hall–Kier alpha value is -1.10. The Kier molecular flexibility index (Phi) is 5.41. The molecule has 3 atom stereocenters. The van der Waals surface area contributed by atoms with Crippen LogP contribution in [0.4, 0.5) is 0 Å². The van der Waals surface area contributed by atoms with E-state index in [2.05, 4.69) is 5.32 Å². The first-order valence-corrected chi connectivity index (χ1v) is 6.21. The molecule has 2 unspecified atom stereocenters. The van der Waals surface area contributed by atoms with Crippen molar-refractivity contribution < 1.29 is 19.4 Å². The number of hydrogen-bond donors (Lipinski definition) is 2. The molecule has 1 aliphatic rings. The summed E-state index contributed by atoms with van der Waals surface area (Å²) >= 11 is 0. The Labute approximate surface area is 102 Å². The van der Waals surface area contributed by atoms with Crippen molar-refractivity contribution in [3.8, 4) is 0 Å². The lowest BCUT2D eigenvalue weighted by Crippen LogP contribution is -2.49. The quantitative estimate of drug-likeness (QED) is 0.760. The normalized spacial score (nSPS) is 23.8. The van der Waals surface area contributed by atoms with Crippen molar-refractivity contribution >= 4 is 11.9 Å². The molecule has 0 aromatic carbocycles. The van der Waals surface area contributed by atoms with Gasteiger partial charge in [0.2, 0.25) is 5.91 Å². The van der Waals surface area contributed by atoms with Crippen LogP contribution in [-0.2, 0) is 14.3 Å². The predicted octanol–water partition coefficient (Wildman–Crippen LogP) is 1.17. The van der Waals surface area contributed by atoms with E-state index in [-0.39, 0.29) is 11.8 Å². The largest absolute Gasteiger partial charge is 0.480 e. The van der Waals surface area contributed by atoms with Gasteiger partial charge in [-0.1, -0.05) is 20.3 Å². The van der Waals surface area contributed by atoms with Gasteiger partial charge in [0.25, 0.3) is 0 Å². The lowest BCUT2D eigenvalue weighted by molar-refractivity contribution is -0.146. The van der Waals surface area contributed by atoms with E-state index in [1.54, 1.807) is 0 Å². The van der Waals surface area contributed by atoms with Crippen molar-refractivity contribution in [2.24, 2.45) is 5.92 Å². The molecule has 0 aliphatic carbocycles. The van der Waals surface area contributed by atoms with Gasteiger partial charge in [-0.15, -0.1) is 0 Å². The van der Waals surface area contributed by atoms with Gasteiger partial charge in [0.1, 0.15) is 12.1 Å². The highest BCUT2D eigenvalue weighted by Crippen LogP contribution is 2.14. The van der Waals surface area contributed by atoms with Crippen LogP contribution in [0.5, 0.6) is 0 Å². The molecule has 5 heteroatoms. The molecule has 1 fully saturated rings. The van der Waals surface area contributed by atoms with E-state index in [4.69, 9.17) is 9.84 Å². The van der Waals surface area contributed by atoms with Gasteiger partial charge in [0, 0.05) is 6.61 Å². The molecule has 0 radical (unpaired) electrons. The van der Waals surface area contributed by atoms with E-state index in [0.29, 0.717) is 19.4 Å². The van der Waals surface area contributed by atoms with Crippen LogP contribution in [-0.4, -0.2) is 35.7 Å². The summed E-state index contributed by atoms with van der Waals surface area (Å²) in [7, 11) is 0. The maximum Gasteiger partial charge on any atom is 0.326 e. The minimum Gasteiger partial charge on any atom is -0.480 e. The summed E-state index contributed by atoms with van der Waals surface area (Å²) in [6.45, 7) is 4.31. The maximum absolute atomic E-state index is 11.8. The second-order valence-corrected chi connectivity index (χ2v) is 4.57. The van der Waals surface area contributed by atoms with Gasteiger partial charge in [0.15, 0.2) is 0 Å². The topological polar surface area (TPSA) is 75.6 Å². The van der Waals surface area contributed by atoms with Gasteiger partial charge in [-0.05, 0) is 25.2 Å². The Morgan fingerprint density at radius 2 is 2.18 bits per heavy atom. The lowest BCUT2D eigenvalue weighted by atomic mass is 9.98. The molecule has 0 spiro atoms. The third-order valence-corrected chi connectivity index (χ3v) is 3.25. The molecule has 17 heavy (non-hydrogen) atoms. The number of ether oxygens (including phenoxy) is 1. The zero-order valence-corrected chi connectivity index (χ0v) is 10.4.